The van der Waals surface area contributed by atoms with Gasteiger partial charge in [0.1, 0.15) is 5.58 Å². The van der Waals surface area contributed by atoms with E-state index in [1.165, 1.54) is 0 Å². The lowest BCUT2D eigenvalue weighted by molar-refractivity contribution is 0.354. The van der Waals surface area contributed by atoms with Crippen LogP contribution < -0.4 is 15.0 Å². The summed E-state index contributed by atoms with van der Waals surface area (Å²) in [5.74, 6) is 1.47. The Bertz CT molecular complexity index is 928. The molecule has 0 spiro atoms. The number of nitrogens with zero attached hydrogens (tertiary/aromatic N) is 1. The van der Waals surface area contributed by atoms with Crippen molar-refractivity contribution in [2.45, 2.75) is 0 Å². The van der Waals surface area contributed by atoms with Gasteiger partial charge in [0.2, 0.25) is 5.89 Å². The van der Waals surface area contributed by atoms with Crippen molar-refractivity contribution in [2.75, 3.05) is 14.2 Å². The third-order valence-electron chi connectivity index (χ3n) is 3.38. The summed E-state index contributed by atoms with van der Waals surface area (Å²) in [6, 6.07) is 12.5. The van der Waals surface area contributed by atoms with Crippen molar-refractivity contribution in [3.05, 3.63) is 64.3 Å². The van der Waals surface area contributed by atoms with Crippen LogP contribution >= 0.6 is 0 Å². The van der Waals surface area contributed by atoms with E-state index in [2.05, 4.69) is 4.98 Å². The van der Waals surface area contributed by atoms with E-state index in [1.807, 2.05) is 24.3 Å². The van der Waals surface area contributed by atoms with Crippen molar-refractivity contribution in [1.82, 2.24) is 4.98 Å². The molecule has 5 nitrogen and oxygen atoms in total. The van der Waals surface area contributed by atoms with Crippen molar-refractivity contribution < 1.29 is 13.9 Å². The van der Waals surface area contributed by atoms with Crippen molar-refractivity contribution >= 4 is 23.1 Å². The van der Waals surface area contributed by atoms with Gasteiger partial charge in [-0.25, -0.2) is 0 Å². The molecule has 23 heavy (non-hydrogen) atoms. The molecule has 0 aliphatic rings. The van der Waals surface area contributed by atoms with Crippen molar-refractivity contribution in [3.8, 4) is 11.5 Å². The second kappa shape index (κ2) is 6.36. The average Bonchev–Trinajstić information content (AvgIpc) is 2.59. The molecule has 2 aromatic carbocycles. The van der Waals surface area contributed by atoms with Gasteiger partial charge in [-0.2, -0.15) is 4.98 Å². The molecule has 5 heteroatoms. The largest absolute Gasteiger partial charge is 0.493 e. The first kappa shape index (κ1) is 14.8. The second-order valence-corrected chi connectivity index (χ2v) is 4.77. The smallest absolute Gasteiger partial charge is 0.284 e. The predicted octanol–water partition coefficient (Wildman–Crippen LogP) is 3.38. The SMILES string of the molecule is COc1cccc(C=Cc2nc(=O)c3ccccc3o2)c1OC. The topological polar surface area (TPSA) is 61.6 Å². The normalized spacial score (nSPS) is 11.0. The van der Waals surface area contributed by atoms with Gasteiger partial charge in [0.05, 0.1) is 19.6 Å². The highest BCUT2D eigenvalue weighted by atomic mass is 16.5. The third-order valence-corrected chi connectivity index (χ3v) is 3.38. The standard InChI is InChI=1S/C18H15NO4/c1-21-15-9-5-6-12(17(15)22-2)10-11-16-19-18(20)13-7-3-4-8-14(13)23-16/h3-11H,1-2H3. The quantitative estimate of drug-likeness (QED) is 0.739. The number of benzene rings is 2. The van der Waals surface area contributed by atoms with Crippen LogP contribution in [0.3, 0.4) is 0 Å². The number of aromatic nitrogens is 1. The molecule has 0 fully saturated rings. The molecule has 3 rings (SSSR count). The van der Waals surface area contributed by atoms with Gasteiger partial charge < -0.3 is 13.9 Å². The average molecular weight is 309 g/mol. The molecular weight excluding hydrogens is 294 g/mol. The molecule has 116 valence electrons. The van der Waals surface area contributed by atoms with Gasteiger partial charge in [-0.1, -0.05) is 24.3 Å². The molecule has 3 aromatic rings. The highest BCUT2D eigenvalue weighted by molar-refractivity contribution is 5.77. The van der Waals surface area contributed by atoms with Crippen LogP contribution in [0.2, 0.25) is 0 Å². The Kier molecular flexibility index (Phi) is 4.10. The van der Waals surface area contributed by atoms with Gasteiger partial charge in [-0.15, -0.1) is 0 Å². The molecule has 0 unspecified atom stereocenters. The molecule has 0 aliphatic heterocycles. The predicted molar refractivity (Wildman–Crippen MR) is 88.8 cm³/mol. The van der Waals surface area contributed by atoms with E-state index in [1.54, 1.807) is 44.6 Å². The number of ether oxygens (including phenoxy) is 2. The number of hydrogen-bond acceptors (Lipinski definition) is 5. The first-order chi connectivity index (χ1) is 11.2. The maximum atomic E-state index is 12.0. The van der Waals surface area contributed by atoms with E-state index in [0.717, 1.165) is 5.56 Å². The summed E-state index contributed by atoms with van der Waals surface area (Å²) >= 11 is 0. The van der Waals surface area contributed by atoms with Crippen LogP contribution in [0.15, 0.2) is 51.7 Å². The van der Waals surface area contributed by atoms with Crippen LogP contribution in [0.25, 0.3) is 23.1 Å². The third kappa shape index (κ3) is 2.94. The van der Waals surface area contributed by atoms with E-state index in [4.69, 9.17) is 13.9 Å². The molecule has 1 heterocycles. The number of hydrogen-bond donors (Lipinski definition) is 0. The Morgan fingerprint density at radius 1 is 1.00 bits per heavy atom. The molecule has 0 amide bonds. The van der Waals surface area contributed by atoms with Crippen LogP contribution in [-0.4, -0.2) is 19.2 Å². The Morgan fingerprint density at radius 3 is 2.61 bits per heavy atom. The van der Waals surface area contributed by atoms with E-state index in [9.17, 15) is 4.79 Å². The van der Waals surface area contributed by atoms with Crippen LogP contribution in [-0.2, 0) is 0 Å². The van der Waals surface area contributed by atoms with Crippen molar-refractivity contribution in [3.63, 3.8) is 0 Å². The summed E-state index contributed by atoms with van der Waals surface area (Å²) in [5.41, 5.74) is 0.985. The van der Waals surface area contributed by atoms with E-state index in [0.29, 0.717) is 22.5 Å². The van der Waals surface area contributed by atoms with Crippen LogP contribution in [0.1, 0.15) is 11.5 Å². The monoisotopic (exact) mass is 309 g/mol. The highest BCUT2D eigenvalue weighted by Gasteiger charge is 2.08. The van der Waals surface area contributed by atoms with Gasteiger partial charge in [0, 0.05) is 11.6 Å². The summed E-state index contributed by atoms with van der Waals surface area (Å²) in [4.78, 5) is 15.9. The molecule has 0 saturated heterocycles. The van der Waals surface area contributed by atoms with Crippen LogP contribution in [0.5, 0.6) is 11.5 Å². The number of methoxy groups -OCH3 is 2. The lowest BCUT2D eigenvalue weighted by Gasteiger charge is -2.09. The lowest BCUT2D eigenvalue weighted by Crippen LogP contribution is -2.06. The molecule has 0 atom stereocenters. The zero-order valence-electron chi connectivity index (χ0n) is 12.8. The summed E-state index contributed by atoms with van der Waals surface area (Å²) < 4.78 is 16.2. The number of para-hydroxylation sites is 2. The Morgan fingerprint density at radius 2 is 1.83 bits per heavy atom. The molecule has 0 radical (unpaired) electrons. The molecule has 0 saturated carbocycles. The maximum absolute atomic E-state index is 12.0. The summed E-state index contributed by atoms with van der Waals surface area (Å²) in [5, 5.41) is 0.462. The van der Waals surface area contributed by atoms with Gasteiger partial charge in [-0.05, 0) is 24.3 Å². The zero-order valence-corrected chi connectivity index (χ0v) is 12.8. The fourth-order valence-electron chi connectivity index (χ4n) is 2.30. The minimum Gasteiger partial charge on any atom is -0.493 e. The summed E-state index contributed by atoms with van der Waals surface area (Å²) in [6.45, 7) is 0. The highest BCUT2D eigenvalue weighted by Crippen LogP contribution is 2.31. The van der Waals surface area contributed by atoms with E-state index >= 15 is 0 Å². The van der Waals surface area contributed by atoms with Gasteiger partial charge in [-0.3, -0.25) is 4.79 Å². The zero-order chi connectivity index (χ0) is 16.2. The fourth-order valence-corrected chi connectivity index (χ4v) is 2.30. The fraction of sp³-hybridized carbons (Fsp3) is 0.111. The Balaban J connectivity index is 2.02. The van der Waals surface area contributed by atoms with Gasteiger partial charge in [0.15, 0.2) is 11.5 Å². The first-order valence-corrected chi connectivity index (χ1v) is 7.02. The Hall–Kier alpha value is -3.08. The molecule has 0 bridgehead atoms. The van der Waals surface area contributed by atoms with Crippen LogP contribution in [0.4, 0.5) is 0 Å². The minimum atomic E-state index is -0.316. The summed E-state index contributed by atoms with van der Waals surface area (Å²) in [7, 11) is 3.15. The number of rotatable bonds is 4. The van der Waals surface area contributed by atoms with Gasteiger partial charge >= 0.3 is 0 Å². The first-order valence-electron chi connectivity index (χ1n) is 7.02. The second-order valence-electron chi connectivity index (χ2n) is 4.77. The van der Waals surface area contributed by atoms with Crippen molar-refractivity contribution in [2.24, 2.45) is 0 Å². The Labute approximate surface area is 132 Å². The van der Waals surface area contributed by atoms with E-state index in [-0.39, 0.29) is 11.4 Å². The molecule has 0 aliphatic carbocycles. The lowest BCUT2D eigenvalue weighted by atomic mass is 10.1. The number of fused-ring (bicyclic) bond motifs is 1. The maximum Gasteiger partial charge on any atom is 0.284 e. The minimum absolute atomic E-state index is 0.235. The van der Waals surface area contributed by atoms with Crippen LogP contribution in [0, 0.1) is 0 Å². The van der Waals surface area contributed by atoms with Crippen molar-refractivity contribution in [1.29, 1.82) is 0 Å². The van der Waals surface area contributed by atoms with Gasteiger partial charge in [0.25, 0.3) is 5.56 Å². The molecular formula is C18H15NO4. The molecule has 1 aromatic heterocycles. The summed E-state index contributed by atoms with van der Waals surface area (Å²) in [6.07, 6.45) is 3.40. The van der Waals surface area contributed by atoms with E-state index < -0.39 is 0 Å². The molecule has 0 N–H and O–H groups in total.